The lowest BCUT2D eigenvalue weighted by molar-refractivity contribution is 1.18. The van der Waals surface area contributed by atoms with Crippen LogP contribution >= 0.6 is 0 Å². The Kier molecular flexibility index (Phi) is 1.67. The molecule has 0 bridgehead atoms. The minimum absolute atomic E-state index is 0.0410. The van der Waals surface area contributed by atoms with E-state index in [0.29, 0.717) is 0 Å². The second-order valence-corrected chi connectivity index (χ2v) is 4.72. The Balaban J connectivity index is 2.54. The number of hydrogen-bond donors (Lipinski definition) is 0. The Morgan fingerprint density at radius 1 is 0.833 bits per heavy atom. The van der Waals surface area contributed by atoms with Crippen molar-refractivity contribution in [2.75, 3.05) is 0 Å². The van der Waals surface area contributed by atoms with Crippen LogP contribution in [0.2, 0.25) is 0 Å². The third-order valence-corrected chi connectivity index (χ3v) is 3.71. The number of aryl methyl sites for hydroxylation is 1. The van der Waals surface area contributed by atoms with E-state index in [2.05, 4.69) is 25.1 Å². The number of fused-ring (bicyclic) bond motifs is 3. The number of para-hydroxylation sites is 1. The molecule has 18 heavy (non-hydrogen) atoms. The summed E-state index contributed by atoms with van der Waals surface area (Å²) in [5.74, 6) is 0. The predicted octanol–water partition coefficient (Wildman–Crippen LogP) is 3.35. The maximum Gasteiger partial charge on any atom is 0.255 e. The lowest BCUT2D eigenvalue weighted by atomic mass is 10.1. The summed E-state index contributed by atoms with van der Waals surface area (Å²) < 4.78 is 1.83. The molecule has 0 aliphatic rings. The molecule has 0 saturated heterocycles. The third-order valence-electron chi connectivity index (χ3n) is 3.71. The van der Waals surface area contributed by atoms with Gasteiger partial charge in [0.15, 0.2) is 0 Å². The zero-order valence-corrected chi connectivity index (χ0v) is 9.97. The fourth-order valence-corrected chi connectivity index (χ4v) is 2.85. The third kappa shape index (κ3) is 1.00. The average Bonchev–Trinajstić information content (AvgIpc) is 2.72. The van der Waals surface area contributed by atoms with Gasteiger partial charge in [-0.2, -0.15) is 0 Å². The molecular weight excluding hydrogens is 222 g/mol. The largest absolute Gasteiger partial charge is 0.276 e. The molecule has 0 aliphatic carbocycles. The fraction of sp³-hybridized carbons (Fsp3) is 0.0625. The van der Waals surface area contributed by atoms with E-state index >= 15 is 0 Å². The second kappa shape index (κ2) is 3.10. The van der Waals surface area contributed by atoms with Gasteiger partial charge in [0.1, 0.15) is 0 Å². The lowest BCUT2D eigenvalue weighted by Gasteiger charge is -2.02. The van der Waals surface area contributed by atoms with E-state index in [1.54, 1.807) is 6.07 Å². The van der Waals surface area contributed by atoms with E-state index in [9.17, 15) is 4.79 Å². The quantitative estimate of drug-likeness (QED) is 0.456. The lowest BCUT2D eigenvalue weighted by Crippen LogP contribution is -2.10. The molecule has 2 aromatic carbocycles. The van der Waals surface area contributed by atoms with Gasteiger partial charge < -0.3 is 0 Å². The fourth-order valence-electron chi connectivity index (χ4n) is 2.85. The first-order chi connectivity index (χ1) is 8.77. The molecule has 86 valence electrons. The Labute approximate surface area is 103 Å². The highest BCUT2D eigenvalue weighted by atomic mass is 16.1. The molecule has 4 aromatic rings. The van der Waals surface area contributed by atoms with Gasteiger partial charge in [0.2, 0.25) is 0 Å². The SMILES string of the molecule is Cc1ccc2c3ccccc3n3c(=O)ccc1c23. The number of pyridine rings is 1. The summed E-state index contributed by atoms with van der Waals surface area (Å²) >= 11 is 0. The van der Waals surface area contributed by atoms with Crippen molar-refractivity contribution in [3.8, 4) is 0 Å². The van der Waals surface area contributed by atoms with Crippen LogP contribution in [0.25, 0.3) is 27.2 Å². The summed E-state index contributed by atoms with van der Waals surface area (Å²) in [6.45, 7) is 2.08. The van der Waals surface area contributed by atoms with Crippen molar-refractivity contribution in [1.82, 2.24) is 4.40 Å². The minimum Gasteiger partial charge on any atom is -0.276 e. The predicted molar refractivity (Wildman–Crippen MR) is 74.6 cm³/mol. The molecule has 2 heteroatoms. The van der Waals surface area contributed by atoms with Gasteiger partial charge in [-0.15, -0.1) is 0 Å². The van der Waals surface area contributed by atoms with Crippen LogP contribution in [0.5, 0.6) is 0 Å². The monoisotopic (exact) mass is 233 g/mol. The van der Waals surface area contributed by atoms with Crippen LogP contribution in [-0.2, 0) is 0 Å². The van der Waals surface area contributed by atoms with Crippen molar-refractivity contribution in [3.05, 3.63) is 64.4 Å². The van der Waals surface area contributed by atoms with Gasteiger partial charge in [-0.05, 0) is 24.6 Å². The molecule has 2 heterocycles. The van der Waals surface area contributed by atoms with Gasteiger partial charge in [-0.1, -0.05) is 30.3 Å². The van der Waals surface area contributed by atoms with Crippen LogP contribution < -0.4 is 5.56 Å². The van der Waals surface area contributed by atoms with Gasteiger partial charge in [0, 0.05) is 22.2 Å². The van der Waals surface area contributed by atoms with Crippen molar-refractivity contribution >= 4 is 27.2 Å². The number of hydrogen-bond acceptors (Lipinski definition) is 1. The summed E-state index contributed by atoms with van der Waals surface area (Å²) in [5.41, 5.74) is 3.28. The topological polar surface area (TPSA) is 21.5 Å². The highest BCUT2D eigenvalue weighted by Crippen LogP contribution is 2.31. The molecule has 0 spiro atoms. The summed E-state index contributed by atoms with van der Waals surface area (Å²) in [7, 11) is 0. The zero-order chi connectivity index (χ0) is 12.3. The molecule has 2 aromatic heterocycles. The molecule has 0 atom stereocenters. The summed E-state index contributed by atoms with van der Waals surface area (Å²) in [6, 6.07) is 15.9. The average molecular weight is 233 g/mol. The van der Waals surface area contributed by atoms with Crippen LogP contribution in [0.1, 0.15) is 5.56 Å². The summed E-state index contributed by atoms with van der Waals surface area (Å²) in [6.07, 6.45) is 0. The van der Waals surface area contributed by atoms with E-state index in [4.69, 9.17) is 0 Å². The molecule has 0 radical (unpaired) electrons. The van der Waals surface area contributed by atoms with Gasteiger partial charge in [0.05, 0.1) is 11.0 Å². The van der Waals surface area contributed by atoms with Crippen LogP contribution in [0.15, 0.2) is 53.3 Å². The van der Waals surface area contributed by atoms with Gasteiger partial charge >= 0.3 is 0 Å². The highest BCUT2D eigenvalue weighted by Gasteiger charge is 2.12. The molecule has 0 aliphatic heterocycles. The normalized spacial score (nSPS) is 11.8. The van der Waals surface area contributed by atoms with Crippen molar-refractivity contribution in [1.29, 1.82) is 0 Å². The van der Waals surface area contributed by atoms with E-state index in [-0.39, 0.29) is 5.56 Å². The number of nitrogens with zero attached hydrogens (tertiary/aromatic N) is 1. The molecule has 0 amide bonds. The first kappa shape index (κ1) is 9.66. The van der Waals surface area contributed by atoms with Crippen molar-refractivity contribution in [3.63, 3.8) is 0 Å². The van der Waals surface area contributed by atoms with Gasteiger partial charge in [-0.25, -0.2) is 0 Å². The Morgan fingerprint density at radius 2 is 1.61 bits per heavy atom. The van der Waals surface area contributed by atoms with Crippen LogP contribution in [0.4, 0.5) is 0 Å². The van der Waals surface area contributed by atoms with Crippen molar-refractivity contribution in [2.45, 2.75) is 6.92 Å². The molecular formula is C16H11NO. The van der Waals surface area contributed by atoms with Crippen molar-refractivity contribution < 1.29 is 0 Å². The van der Waals surface area contributed by atoms with Crippen LogP contribution in [-0.4, -0.2) is 4.40 Å². The number of rotatable bonds is 0. The number of benzene rings is 2. The first-order valence-electron chi connectivity index (χ1n) is 6.02. The van der Waals surface area contributed by atoms with Gasteiger partial charge in [0.25, 0.3) is 5.56 Å². The van der Waals surface area contributed by atoms with E-state index in [1.165, 1.54) is 5.56 Å². The van der Waals surface area contributed by atoms with Crippen LogP contribution in [0, 0.1) is 6.92 Å². The Hall–Kier alpha value is -2.35. The molecule has 0 unspecified atom stereocenters. The standard InChI is InChI=1S/C16H11NO/c1-10-6-7-13-12-4-2-3-5-14(12)17-15(18)9-8-11(10)16(13)17/h2-9H,1H3. The maximum atomic E-state index is 12.1. The summed E-state index contributed by atoms with van der Waals surface area (Å²) in [4.78, 5) is 12.1. The van der Waals surface area contributed by atoms with E-state index in [1.807, 2.05) is 28.7 Å². The highest BCUT2D eigenvalue weighted by molar-refractivity contribution is 6.14. The van der Waals surface area contributed by atoms with Crippen LogP contribution in [0.3, 0.4) is 0 Å². The second-order valence-electron chi connectivity index (χ2n) is 4.72. The maximum absolute atomic E-state index is 12.1. The molecule has 0 N–H and O–H groups in total. The molecule has 0 fully saturated rings. The van der Waals surface area contributed by atoms with E-state index in [0.717, 1.165) is 27.2 Å². The Bertz CT molecular complexity index is 950. The van der Waals surface area contributed by atoms with Gasteiger partial charge in [-0.3, -0.25) is 9.20 Å². The molecule has 0 saturated carbocycles. The summed E-state index contributed by atoms with van der Waals surface area (Å²) in [5, 5.41) is 3.46. The minimum atomic E-state index is 0.0410. The first-order valence-corrected chi connectivity index (χ1v) is 6.02. The zero-order valence-electron chi connectivity index (χ0n) is 9.97. The van der Waals surface area contributed by atoms with E-state index < -0.39 is 0 Å². The smallest absolute Gasteiger partial charge is 0.255 e. The molecule has 2 nitrogen and oxygen atoms in total. The Morgan fingerprint density at radius 3 is 2.50 bits per heavy atom. The number of aromatic nitrogens is 1. The van der Waals surface area contributed by atoms with Crippen molar-refractivity contribution in [2.24, 2.45) is 0 Å². The molecule has 4 rings (SSSR count).